The van der Waals surface area contributed by atoms with Crippen molar-refractivity contribution in [2.24, 2.45) is 0 Å². The minimum atomic E-state index is -1.70. The zero-order chi connectivity index (χ0) is 16.7. The minimum absolute atomic E-state index is 0.137. The molecule has 2 fully saturated rings. The van der Waals surface area contributed by atoms with E-state index in [1.807, 2.05) is 0 Å². The fourth-order valence-electron chi connectivity index (χ4n) is 2.80. The first-order chi connectivity index (χ1) is 10.2. The summed E-state index contributed by atoms with van der Waals surface area (Å²) in [5, 5.41) is 58.5. The van der Waals surface area contributed by atoms with Gasteiger partial charge in [0.15, 0.2) is 5.79 Å². The van der Waals surface area contributed by atoms with Gasteiger partial charge in [0.25, 0.3) is 0 Å². The molecule has 0 aliphatic carbocycles. The molecule has 22 heavy (non-hydrogen) atoms. The van der Waals surface area contributed by atoms with Crippen molar-refractivity contribution in [3.05, 3.63) is 0 Å². The number of hydrogen-bond donors (Lipinski definition) is 6. The summed E-state index contributed by atoms with van der Waals surface area (Å²) in [5.41, 5.74) is 0. The number of ether oxygens (including phenoxy) is 3. The summed E-state index contributed by atoms with van der Waals surface area (Å²) >= 11 is 0. The average molecular weight is 324 g/mol. The fraction of sp³-hybridized carbons (Fsp3) is 1.00. The van der Waals surface area contributed by atoms with Crippen molar-refractivity contribution in [1.29, 1.82) is 0 Å². The monoisotopic (exact) mass is 324 g/mol. The molecule has 6 N–H and O–H groups in total. The van der Waals surface area contributed by atoms with E-state index in [-0.39, 0.29) is 6.61 Å². The van der Waals surface area contributed by atoms with Gasteiger partial charge < -0.3 is 44.8 Å². The van der Waals surface area contributed by atoms with Gasteiger partial charge in [0, 0.05) is 0 Å². The van der Waals surface area contributed by atoms with Crippen molar-refractivity contribution in [1.82, 2.24) is 0 Å². The second-order valence-corrected chi connectivity index (χ2v) is 5.96. The second-order valence-electron chi connectivity index (χ2n) is 5.96. The van der Waals surface area contributed by atoms with E-state index >= 15 is 0 Å². The molecule has 0 radical (unpaired) electrons. The molecular weight excluding hydrogens is 300 g/mol. The number of aliphatic hydroxyl groups is 6. The zero-order valence-corrected chi connectivity index (χ0v) is 12.4. The zero-order valence-electron chi connectivity index (χ0n) is 12.4. The molecule has 9 nitrogen and oxygen atoms in total. The summed E-state index contributed by atoms with van der Waals surface area (Å²) < 4.78 is 16.1. The highest BCUT2D eigenvalue weighted by molar-refractivity contribution is 4.96. The van der Waals surface area contributed by atoms with Gasteiger partial charge in [-0.2, -0.15) is 0 Å². The molecule has 0 bridgehead atoms. The Hall–Kier alpha value is -0.360. The summed E-state index contributed by atoms with van der Waals surface area (Å²) in [4.78, 5) is 0. The number of hydrogen-bond acceptors (Lipinski definition) is 9. The van der Waals surface area contributed by atoms with Gasteiger partial charge in [-0.1, -0.05) is 0 Å². The highest BCUT2D eigenvalue weighted by Crippen LogP contribution is 2.33. The highest BCUT2D eigenvalue weighted by atomic mass is 16.7. The molecule has 130 valence electrons. The van der Waals surface area contributed by atoms with Gasteiger partial charge >= 0.3 is 0 Å². The maximum Gasteiger partial charge on any atom is 0.195 e. The summed E-state index contributed by atoms with van der Waals surface area (Å²) in [7, 11) is 0. The Bertz CT molecular complexity index is 381. The third-order valence-corrected chi connectivity index (χ3v) is 4.26. The molecule has 0 saturated carbocycles. The normalized spacial score (nSPS) is 53.5. The minimum Gasteiger partial charge on any atom is -0.394 e. The van der Waals surface area contributed by atoms with Crippen molar-refractivity contribution in [3.63, 3.8) is 0 Å². The van der Waals surface area contributed by atoms with Gasteiger partial charge in [-0.15, -0.1) is 0 Å². The summed E-state index contributed by atoms with van der Waals surface area (Å²) in [6, 6.07) is 0. The molecule has 0 amide bonds. The van der Waals surface area contributed by atoms with Crippen molar-refractivity contribution in [3.8, 4) is 0 Å². The molecule has 0 spiro atoms. The molecule has 0 aromatic carbocycles. The Labute approximate surface area is 127 Å². The predicted octanol–water partition coefficient (Wildman–Crippen LogP) is -3.30. The predicted molar refractivity (Wildman–Crippen MR) is 70.7 cm³/mol. The molecule has 9 heteroatoms. The Morgan fingerprint density at radius 3 is 2.27 bits per heavy atom. The van der Waals surface area contributed by atoms with Crippen LogP contribution < -0.4 is 0 Å². The quantitative estimate of drug-likeness (QED) is 0.314. The van der Waals surface area contributed by atoms with E-state index in [0.717, 1.165) is 0 Å². The molecule has 0 aromatic rings. The van der Waals surface area contributed by atoms with Crippen LogP contribution in [0.4, 0.5) is 0 Å². The standard InChI is InChI=1S/C13H24O9/c1-5-8(15)11(18)12(19)13(2,21-5)22-7-4-20-6(3-14)9(16)10(7)17/h5-12,14-19H,3-4H2,1-2H3/t5?,6?,7?,8-,9-,10?,11?,12?,13?/m0/s1. The first-order valence-electron chi connectivity index (χ1n) is 7.19. The summed E-state index contributed by atoms with van der Waals surface area (Å²) in [6.07, 6.45) is -9.80. The third-order valence-electron chi connectivity index (χ3n) is 4.26. The van der Waals surface area contributed by atoms with Gasteiger partial charge in [0.1, 0.15) is 42.7 Å². The maximum atomic E-state index is 10.1. The van der Waals surface area contributed by atoms with E-state index in [2.05, 4.69) is 0 Å². The van der Waals surface area contributed by atoms with Crippen molar-refractivity contribution < 1.29 is 44.8 Å². The molecule has 2 saturated heterocycles. The maximum absolute atomic E-state index is 10.1. The molecule has 2 rings (SSSR count). The number of aliphatic hydroxyl groups excluding tert-OH is 6. The molecule has 2 heterocycles. The van der Waals surface area contributed by atoms with E-state index < -0.39 is 61.2 Å². The first-order valence-corrected chi connectivity index (χ1v) is 7.19. The van der Waals surface area contributed by atoms with E-state index in [0.29, 0.717) is 0 Å². The Morgan fingerprint density at radius 1 is 1.05 bits per heavy atom. The van der Waals surface area contributed by atoms with Crippen molar-refractivity contribution in [2.45, 2.75) is 68.5 Å². The van der Waals surface area contributed by atoms with Crippen LogP contribution in [-0.4, -0.2) is 98.5 Å². The molecular formula is C13H24O9. The summed E-state index contributed by atoms with van der Waals surface area (Å²) in [5.74, 6) is -1.70. The van der Waals surface area contributed by atoms with Gasteiger partial charge in [-0.05, 0) is 13.8 Å². The Morgan fingerprint density at radius 2 is 1.68 bits per heavy atom. The molecule has 0 aromatic heterocycles. The third kappa shape index (κ3) is 3.14. The van der Waals surface area contributed by atoms with E-state index in [1.54, 1.807) is 0 Å². The molecule has 2 aliphatic rings. The smallest absolute Gasteiger partial charge is 0.195 e. The first kappa shape index (κ1) is 18.0. The number of rotatable bonds is 3. The van der Waals surface area contributed by atoms with Gasteiger partial charge in [0.05, 0.1) is 19.3 Å². The van der Waals surface area contributed by atoms with Crippen LogP contribution in [-0.2, 0) is 14.2 Å². The molecule has 9 atom stereocenters. The highest BCUT2D eigenvalue weighted by Gasteiger charge is 2.53. The lowest BCUT2D eigenvalue weighted by Gasteiger charge is -2.48. The van der Waals surface area contributed by atoms with Crippen LogP contribution in [0.15, 0.2) is 0 Å². The average Bonchev–Trinajstić information content (AvgIpc) is 2.48. The van der Waals surface area contributed by atoms with Crippen molar-refractivity contribution >= 4 is 0 Å². The van der Waals surface area contributed by atoms with Crippen LogP contribution in [0.5, 0.6) is 0 Å². The van der Waals surface area contributed by atoms with Gasteiger partial charge in [-0.3, -0.25) is 0 Å². The van der Waals surface area contributed by atoms with Crippen LogP contribution >= 0.6 is 0 Å². The Kier molecular flexibility index (Phi) is 5.42. The van der Waals surface area contributed by atoms with Gasteiger partial charge in [-0.25, -0.2) is 0 Å². The lowest BCUT2D eigenvalue weighted by molar-refractivity contribution is -0.377. The molecule has 2 aliphatic heterocycles. The Balaban J connectivity index is 2.08. The molecule has 7 unspecified atom stereocenters. The van der Waals surface area contributed by atoms with Crippen LogP contribution in [0.1, 0.15) is 13.8 Å². The van der Waals surface area contributed by atoms with E-state index in [9.17, 15) is 25.5 Å². The summed E-state index contributed by atoms with van der Waals surface area (Å²) in [6.45, 7) is 2.28. The van der Waals surface area contributed by atoms with Crippen LogP contribution in [0.3, 0.4) is 0 Å². The van der Waals surface area contributed by atoms with E-state index in [4.69, 9.17) is 19.3 Å². The fourth-order valence-corrected chi connectivity index (χ4v) is 2.80. The lowest BCUT2D eigenvalue weighted by atomic mass is 9.93. The topological polar surface area (TPSA) is 149 Å². The van der Waals surface area contributed by atoms with E-state index in [1.165, 1.54) is 13.8 Å². The lowest BCUT2D eigenvalue weighted by Crippen LogP contribution is -2.66. The van der Waals surface area contributed by atoms with Crippen molar-refractivity contribution in [2.75, 3.05) is 13.2 Å². The SMILES string of the molecule is CC1OC(C)(OC2COC(CO)[C@H](O)C2O)C(O)C(O)[C@H]1O. The van der Waals surface area contributed by atoms with Gasteiger partial charge in [0.2, 0.25) is 0 Å². The van der Waals surface area contributed by atoms with Crippen LogP contribution in [0, 0.1) is 0 Å². The van der Waals surface area contributed by atoms with Crippen LogP contribution in [0.2, 0.25) is 0 Å². The largest absolute Gasteiger partial charge is 0.394 e. The second kappa shape index (κ2) is 6.63. The van der Waals surface area contributed by atoms with Crippen LogP contribution in [0.25, 0.3) is 0 Å².